The largest absolute Gasteiger partial charge is 0.392 e. The first-order chi connectivity index (χ1) is 10.2. The molecule has 1 fully saturated rings. The van der Waals surface area contributed by atoms with Crippen molar-refractivity contribution in [1.82, 2.24) is 14.5 Å². The molecule has 0 spiro atoms. The smallest absolute Gasteiger partial charge is 0.246 e. The number of imidazole rings is 1. The molecule has 3 rings (SSSR count). The second kappa shape index (κ2) is 5.69. The summed E-state index contributed by atoms with van der Waals surface area (Å²) in [5.41, 5.74) is 2.79. The molecule has 1 aromatic carbocycles. The number of hydrogen-bond donors (Lipinski definition) is 1. The second-order valence-corrected chi connectivity index (χ2v) is 5.42. The predicted molar refractivity (Wildman–Crippen MR) is 80.7 cm³/mol. The van der Waals surface area contributed by atoms with Crippen molar-refractivity contribution in [2.75, 3.05) is 13.1 Å². The number of amides is 1. The van der Waals surface area contributed by atoms with Crippen LogP contribution in [0.2, 0.25) is 0 Å². The van der Waals surface area contributed by atoms with Crippen molar-refractivity contribution >= 4 is 16.9 Å². The number of likely N-dealkylation sites (tertiary alicyclic amines) is 1. The number of carbonyl (C=O) groups is 1. The average molecular weight is 285 g/mol. The SMILES string of the molecule is C=CC(=O)N1CCC[C@@H](n2cnc3cc(CO)ccc32)C1. The van der Waals surface area contributed by atoms with Gasteiger partial charge in [0.15, 0.2) is 0 Å². The Hall–Kier alpha value is -2.14. The van der Waals surface area contributed by atoms with E-state index in [0.717, 1.165) is 36.0 Å². The highest BCUT2D eigenvalue weighted by Gasteiger charge is 2.24. The molecule has 0 saturated carbocycles. The van der Waals surface area contributed by atoms with Gasteiger partial charge in [0.25, 0.3) is 0 Å². The zero-order chi connectivity index (χ0) is 14.8. The summed E-state index contributed by atoms with van der Waals surface area (Å²) in [6.45, 7) is 5.07. The Bertz CT molecular complexity index is 677. The van der Waals surface area contributed by atoms with Gasteiger partial charge in [-0.15, -0.1) is 0 Å². The maximum absolute atomic E-state index is 11.8. The molecule has 1 N–H and O–H groups in total. The van der Waals surface area contributed by atoms with Crippen LogP contribution in [-0.2, 0) is 11.4 Å². The van der Waals surface area contributed by atoms with E-state index in [4.69, 9.17) is 0 Å². The van der Waals surface area contributed by atoms with Gasteiger partial charge >= 0.3 is 0 Å². The predicted octanol–water partition coefficient (Wildman–Crippen LogP) is 1.88. The van der Waals surface area contributed by atoms with Crippen molar-refractivity contribution in [1.29, 1.82) is 0 Å². The zero-order valence-electron chi connectivity index (χ0n) is 11.9. The average Bonchev–Trinajstić information content (AvgIpc) is 2.97. The van der Waals surface area contributed by atoms with Crippen LogP contribution in [-0.4, -0.2) is 38.6 Å². The molecule has 2 heterocycles. The van der Waals surface area contributed by atoms with E-state index in [9.17, 15) is 9.90 Å². The van der Waals surface area contributed by atoms with Crippen molar-refractivity contribution in [3.05, 3.63) is 42.7 Å². The molecule has 0 unspecified atom stereocenters. The van der Waals surface area contributed by atoms with Gasteiger partial charge in [-0.3, -0.25) is 4.79 Å². The number of aliphatic hydroxyl groups is 1. The van der Waals surface area contributed by atoms with Crippen molar-refractivity contribution in [2.24, 2.45) is 0 Å². The summed E-state index contributed by atoms with van der Waals surface area (Å²) in [5.74, 6) is -0.00770. The van der Waals surface area contributed by atoms with Crippen molar-refractivity contribution in [3.63, 3.8) is 0 Å². The molecule has 1 atom stereocenters. The summed E-state index contributed by atoms with van der Waals surface area (Å²) in [5, 5.41) is 9.19. The van der Waals surface area contributed by atoms with Crippen LogP contribution in [0.1, 0.15) is 24.4 Å². The topological polar surface area (TPSA) is 58.4 Å². The van der Waals surface area contributed by atoms with Gasteiger partial charge in [-0.05, 0) is 36.6 Å². The molecule has 1 aromatic heterocycles. The van der Waals surface area contributed by atoms with E-state index in [1.54, 1.807) is 0 Å². The van der Waals surface area contributed by atoms with Crippen LogP contribution >= 0.6 is 0 Å². The summed E-state index contributed by atoms with van der Waals surface area (Å²) < 4.78 is 2.14. The van der Waals surface area contributed by atoms with Gasteiger partial charge in [-0.1, -0.05) is 12.6 Å². The number of rotatable bonds is 3. The fraction of sp³-hybridized carbons (Fsp3) is 0.375. The Balaban J connectivity index is 1.89. The molecule has 0 bridgehead atoms. The third kappa shape index (κ3) is 2.56. The minimum atomic E-state index is -0.00770. The molecular weight excluding hydrogens is 266 g/mol. The lowest BCUT2D eigenvalue weighted by molar-refractivity contribution is -0.127. The Morgan fingerprint density at radius 2 is 2.38 bits per heavy atom. The summed E-state index contributed by atoms with van der Waals surface area (Å²) in [6.07, 6.45) is 5.23. The van der Waals surface area contributed by atoms with E-state index in [1.807, 2.05) is 29.4 Å². The maximum atomic E-state index is 11.8. The summed E-state index contributed by atoms with van der Waals surface area (Å²) in [6, 6.07) is 6.05. The van der Waals surface area contributed by atoms with Crippen LogP contribution in [0.25, 0.3) is 11.0 Å². The fourth-order valence-corrected chi connectivity index (χ4v) is 2.98. The molecule has 1 aliphatic heterocycles. The molecule has 110 valence electrons. The minimum Gasteiger partial charge on any atom is -0.392 e. The first-order valence-electron chi connectivity index (χ1n) is 7.20. The van der Waals surface area contributed by atoms with E-state index in [-0.39, 0.29) is 18.6 Å². The number of benzene rings is 1. The minimum absolute atomic E-state index is 0.00770. The first-order valence-corrected chi connectivity index (χ1v) is 7.20. The first kappa shape index (κ1) is 13.8. The number of carbonyl (C=O) groups excluding carboxylic acids is 1. The van der Waals surface area contributed by atoms with Gasteiger partial charge in [0.2, 0.25) is 5.91 Å². The van der Waals surface area contributed by atoms with Gasteiger partial charge in [0, 0.05) is 13.1 Å². The Kier molecular flexibility index (Phi) is 3.75. The zero-order valence-corrected chi connectivity index (χ0v) is 11.9. The summed E-state index contributed by atoms with van der Waals surface area (Å²) in [4.78, 5) is 18.0. The third-order valence-electron chi connectivity index (χ3n) is 4.10. The van der Waals surface area contributed by atoms with E-state index in [0.29, 0.717) is 6.54 Å². The normalized spacial score (nSPS) is 18.9. The van der Waals surface area contributed by atoms with Crippen molar-refractivity contribution in [3.8, 4) is 0 Å². The van der Waals surface area contributed by atoms with Gasteiger partial charge in [-0.2, -0.15) is 0 Å². The third-order valence-corrected chi connectivity index (χ3v) is 4.10. The van der Waals surface area contributed by atoms with Crippen LogP contribution in [0.5, 0.6) is 0 Å². The molecular formula is C16H19N3O2. The number of aliphatic hydroxyl groups excluding tert-OH is 1. The molecule has 1 saturated heterocycles. The Morgan fingerprint density at radius 1 is 1.52 bits per heavy atom. The van der Waals surface area contributed by atoms with E-state index < -0.39 is 0 Å². The lowest BCUT2D eigenvalue weighted by Gasteiger charge is -2.33. The van der Waals surface area contributed by atoms with Gasteiger partial charge in [-0.25, -0.2) is 4.98 Å². The van der Waals surface area contributed by atoms with E-state index in [1.165, 1.54) is 6.08 Å². The quantitative estimate of drug-likeness (QED) is 0.876. The second-order valence-electron chi connectivity index (χ2n) is 5.42. The van der Waals surface area contributed by atoms with Crippen LogP contribution < -0.4 is 0 Å². The highest BCUT2D eigenvalue weighted by molar-refractivity contribution is 5.87. The highest BCUT2D eigenvalue weighted by Crippen LogP contribution is 2.26. The van der Waals surface area contributed by atoms with Gasteiger partial charge in [0.05, 0.1) is 30.0 Å². The van der Waals surface area contributed by atoms with E-state index >= 15 is 0 Å². The van der Waals surface area contributed by atoms with Crippen LogP contribution in [0, 0.1) is 0 Å². The van der Waals surface area contributed by atoms with Gasteiger partial charge in [0.1, 0.15) is 0 Å². The summed E-state index contributed by atoms with van der Waals surface area (Å²) >= 11 is 0. The lowest BCUT2D eigenvalue weighted by atomic mass is 10.0. The standard InChI is InChI=1S/C16H19N3O2/c1-2-16(21)18-7-3-4-13(9-18)19-11-17-14-8-12(10-20)5-6-15(14)19/h2,5-6,8,11,13,20H,1,3-4,7,9-10H2/t13-/m1/s1. The monoisotopic (exact) mass is 285 g/mol. The molecule has 0 aliphatic carbocycles. The van der Waals surface area contributed by atoms with Gasteiger partial charge < -0.3 is 14.6 Å². The van der Waals surface area contributed by atoms with E-state index in [2.05, 4.69) is 16.1 Å². The fourth-order valence-electron chi connectivity index (χ4n) is 2.98. The molecule has 1 aliphatic rings. The number of piperidine rings is 1. The molecule has 1 amide bonds. The maximum Gasteiger partial charge on any atom is 0.246 e. The number of aromatic nitrogens is 2. The number of hydrogen-bond acceptors (Lipinski definition) is 3. The molecule has 21 heavy (non-hydrogen) atoms. The molecule has 5 nitrogen and oxygen atoms in total. The van der Waals surface area contributed by atoms with Crippen molar-refractivity contribution < 1.29 is 9.90 Å². The molecule has 2 aromatic rings. The van der Waals surface area contributed by atoms with Crippen LogP contribution in [0.15, 0.2) is 37.2 Å². The molecule has 5 heteroatoms. The lowest BCUT2D eigenvalue weighted by Crippen LogP contribution is -2.39. The van der Waals surface area contributed by atoms with Crippen molar-refractivity contribution in [2.45, 2.75) is 25.5 Å². The summed E-state index contributed by atoms with van der Waals surface area (Å²) in [7, 11) is 0. The number of fused-ring (bicyclic) bond motifs is 1. The number of nitrogens with zero attached hydrogens (tertiary/aromatic N) is 3. The van der Waals surface area contributed by atoms with Crippen LogP contribution in [0.3, 0.4) is 0 Å². The highest BCUT2D eigenvalue weighted by atomic mass is 16.3. The Morgan fingerprint density at radius 3 is 3.14 bits per heavy atom. The Labute approximate surface area is 123 Å². The van der Waals surface area contributed by atoms with Crippen LogP contribution in [0.4, 0.5) is 0 Å². The molecule has 0 radical (unpaired) electrons.